The summed E-state index contributed by atoms with van der Waals surface area (Å²) in [7, 11) is 0. The highest BCUT2D eigenvalue weighted by Gasteiger charge is 2.24. The van der Waals surface area contributed by atoms with Gasteiger partial charge in [0, 0.05) is 24.7 Å². The lowest BCUT2D eigenvalue weighted by Gasteiger charge is -2.16. The van der Waals surface area contributed by atoms with Crippen LogP contribution in [0.2, 0.25) is 0 Å². The molecule has 1 saturated heterocycles. The van der Waals surface area contributed by atoms with E-state index in [0.29, 0.717) is 24.0 Å². The minimum absolute atomic E-state index is 0.00369. The largest absolute Gasteiger partial charge is 0.354 e. The lowest BCUT2D eigenvalue weighted by atomic mass is 10.1. The van der Waals surface area contributed by atoms with Gasteiger partial charge in [0.1, 0.15) is 6.04 Å². The molecule has 0 saturated carbocycles. The molecule has 4 heterocycles. The van der Waals surface area contributed by atoms with Gasteiger partial charge in [-0.3, -0.25) is 9.48 Å². The maximum Gasteiger partial charge on any atom is 0.242 e. The van der Waals surface area contributed by atoms with E-state index in [9.17, 15) is 4.79 Å². The average molecular weight is 404 g/mol. The number of carbonyl (C=O) groups is 1. The Labute approximate surface area is 173 Å². The van der Waals surface area contributed by atoms with Crippen molar-refractivity contribution in [1.29, 1.82) is 0 Å². The normalized spacial score (nSPS) is 17.3. The zero-order chi connectivity index (χ0) is 20.7. The summed E-state index contributed by atoms with van der Waals surface area (Å²) in [6.07, 6.45) is 4.68. The molecule has 0 aliphatic carbocycles. The van der Waals surface area contributed by atoms with Gasteiger partial charge in [0.25, 0.3) is 0 Å². The second-order valence-electron chi connectivity index (χ2n) is 7.59. The first-order valence-corrected chi connectivity index (χ1v) is 10.4. The number of carbonyl (C=O) groups excluding carboxylic acids is 1. The van der Waals surface area contributed by atoms with Crippen LogP contribution >= 0.6 is 0 Å². The van der Waals surface area contributed by atoms with Crippen molar-refractivity contribution < 1.29 is 4.79 Å². The number of rotatable bonds is 4. The molecule has 2 N–H and O–H groups in total. The zero-order valence-electron chi connectivity index (χ0n) is 17.1. The number of hydrogen-bond acceptors (Lipinski definition) is 6. The molecule has 0 bridgehead atoms. The molecule has 0 radical (unpaired) electrons. The van der Waals surface area contributed by atoms with Crippen LogP contribution < -0.4 is 10.6 Å². The monoisotopic (exact) mass is 404 g/mol. The average Bonchev–Trinajstić information content (AvgIpc) is 3.30. The molecule has 1 atom stereocenters. The summed E-state index contributed by atoms with van der Waals surface area (Å²) in [5.41, 5.74) is 3.28. The van der Waals surface area contributed by atoms with E-state index in [4.69, 9.17) is 15.1 Å². The Balaban J connectivity index is 1.66. The van der Waals surface area contributed by atoms with Crippen molar-refractivity contribution in [2.45, 2.75) is 45.7 Å². The quantitative estimate of drug-likeness (QED) is 0.542. The minimum Gasteiger partial charge on any atom is -0.354 e. The van der Waals surface area contributed by atoms with Gasteiger partial charge in [-0.25, -0.2) is 9.97 Å². The number of fused-ring (bicyclic) bond motifs is 3. The molecule has 1 fully saturated rings. The van der Waals surface area contributed by atoms with E-state index in [1.165, 1.54) is 0 Å². The number of amides is 1. The Morgan fingerprint density at radius 2 is 2.07 bits per heavy atom. The number of anilines is 1. The van der Waals surface area contributed by atoms with Crippen LogP contribution in [0.1, 0.15) is 31.9 Å². The van der Waals surface area contributed by atoms with Crippen LogP contribution in [0.3, 0.4) is 0 Å². The highest BCUT2D eigenvalue weighted by atomic mass is 16.2. The topological polar surface area (TPSA) is 102 Å². The molecule has 0 unspecified atom stereocenters. The molecular weight excluding hydrogens is 380 g/mol. The van der Waals surface area contributed by atoms with Gasteiger partial charge in [0.2, 0.25) is 11.9 Å². The van der Waals surface area contributed by atoms with Crippen molar-refractivity contribution >= 4 is 28.4 Å². The third-order valence-corrected chi connectivity index (χ3v) is 5.53. The van der Waals surface area contributed by atoms with Gasteiger partial charge in [-0.15, -0.1) is 5.10 Å². The van der Waals surface area contributed by atoms with E-state index in [1.54, 1.807) is 4.52 Å². The third-order valence-electron chi connectivity index (χ3n) is 5.53. The number of aromatic nitrogens is 6. The number of hydrogen-bond donors (Lipinski definition) is 2. The first-order chi connectivity index (χ1) is 14.6. The molecule has 1 aliphatic heterocycles. The zero-order valence-corrected chi connectivity index (χ0v) is 17.1. The summed E-state index contributed by atoms with van der Waals surface area (Å²) >= 11 is 0. The summed E-state index contributed by atoms with van der Waals surface area (Å²) in [6.45, 7) is 5.50. The van der Waals surface area contributed by atoms with E-state index < -0.39 is 0 Å². The fourth-order valence-corrected chi connectivity index (χ4v) is 3.90. The number of para-hydroxylation sites is 1. The predicted molar refractivity (Wildman–Crippen MR) is 114 cm³/mol. The summed E-state index contributed by atoms with van der Waals surface area (Å²) in [5, 5.41) is 16.5. The van der Waals surface area contributed by atoms with Crippen LogP contribution in [0.5, 0.6) is 0 Å². The van der Waals surface area contributed by atoms with Crippen molar-refractivity contribution in [3.63, 3.8) is 0 Å². The molecule has 0 spiro atoms. The first-order valence-electron chi connectivity index (χ1n) is 10.4. The molecule has 1 aromatic carbocycles. The van der Waals surface area contributed by atoms with Crippen molar-refractivity contribution in [3.05, 3.63) is 36.2 Å². The number of nitrogens with zero attached hydrogens (tertiary/aromatic N) is 6. The first kappa shape index (κ1) is 18.5. The van der Waals surface area contributed by atoms with Crippen LogP contribution in [0.25, 0.3) is 27.9 Å². The highest BCUT2D eigenvalue weighted by molar-refractivity contribution is 5.93. The summed E-state index contributed by atoms with van der Waals surface area (Å²) < 4.78 is 3.58. The summed E-state index contributed by atoms with van der Waals surface area (Å²) in [6, 6.07) is 7.50. The smallest absolute Gasteiger partial charge is 0.242 e. The molecule has 1 amide bonds. The minimum atomic E-state index is -0.346. The number of benzene rings is 1. The van der Waals surface area contributed by atoms with Crippen LogP contribution in [0, 0.1) is 6.92 Å². The van der Waals surface area contributed by atoms with Crippen LogP contribution in [0.4, 0.5) is 5.95 Å². The van der Waals surface area contributed by atoms with E-state index in [-0.39, 0.29) is 11.9 Å². The van der Waals surface area contributed by atoms with E-state index in [1.807, 2.05) is 49.0 Å². The van der Waals surface area contributed by atoms with Gasteiger partial charge in [-0.1, -0.05) is 12.1 Å². The number of nitrogens with one attached hydrogen (secondary N) is 2. The standard InChI is InChI=1S/C21H24N8O/c1-3-28-12-15(13(2)26-28)18-25-19-14-8-4-5-9-16(14)23-21(29(19)27-18)24-17-10-6-7-11-22-20(17)30/h4-5,8-9,12,17H,3,6-7,10-11H2,1-2H3,(H,22,30)(H,23,24)/t17-/m1/s1. The molecule has 4 aromatic rings. The molecule has 9 heteroatoms. The van der Waals surface area contributed by atoms with Crippen molar-refractivity contribution in [1.82, 2.24) is 34.7 Å². The van der Waals surface area contributed by atoms with Crippen LogP contribution in [0.15, 0.2) is 30.5 Å². The van der Waals surface area contributed by atoms with Gasteiger partial charge in [0.05, 0.1) is 16.8 Å². The van der Waals surface area contributed by atoms with Gasteiger partial charge in [0.15, 0.2) is 11.5 Å². The summed E-state index contributed by atoms with van der Waals surface area (Å²) in [4.78, 5) is 22.1. The Morgan fingerprint density at radius 1 is 1.20 bits per heavy atom. The van der Waals surface area contributed by atoms with E-state index in [0.717, 1.165) is 48.0 Å². The fourth-order valence-electron chi connectivity index (χ4n) is 3.90. The molecule has 154 valence electrons. The Bertz CT molecular complexity index is 1240. The lowest BCUT2D eigenvalue weighted by Crippen LogP contribution is -2.38. The maximum absolute atomic E-state index is 12.5. The molecule has 3 aromatic heterocycles. The van der Waals surface area contributed by atoms with Crippen molar-refractivity contribution in [2.75, 3.05) is 11.9 Å². The van der Waals surface area contributed by atoms with Crippen molar-refractivity contribution in [3.8, 4) is 11.4 Å². The second-order valence-corrected chi connectivity index (χ2v) is 7.59. The molecule has 30 heavy (non-hydrogen) atoms. The van der Waals surface area contributed by atoms with E-state index in [2.05, 4.69) is 15.7 Å². The molecule has 5 rings (SSSR count). The molecule has 1 aliphatic rings. The van der Waals surface area contributed by atoms with Crippen molar-refractivity contribution in [2.24, 2.45) is 0 Å². The van der Waals surface area contributed by atoms with Crippen LogP contribution in [-0.2, 0) is 11.3 Å². The van der Waals surface area contributed by atoms with Gasteiger partial charge in [-0.05, 0) is 45.2 Å². The predicted octanol–water partition coefficient (Wildman–Crippen LogP) is 2.55. The second kappa shape index (κ2) is 7.40. The maximum atomic E-state index is 12.5. The lowest BCUT2D eigenvalue weighted by molar-refractivity contribution is -0.121. The fraction of sp³-hybridized carbons (Fsp3) is 0.381. The molecular formula is C21H24N8O. The summed E-state index contributed by atoms with van der Waals surface area (Å²) in [5.74, 6) is 1.11. The van der Waals surface area contributed by atoms with Crippen LogP contribution in [-0.4, -0.2) is 47.9 Å². The third kappa shape index (κ3) is 3.16. The highest BCUT2D eigenvalue weighted by Crippen LogP contribution is 2.26. The van der Waals surface area contributed by atoms with Gasteiger partial charge < -0.3 is 10.6 Å². The Morgan fingerprint density at radius 3 is 2.90 bits per heavy atom. The molecule has 9 nitrogen and oxygen atoms in total. The van der Waals surface area contributed by atoms with Gasteiger partial charge in [-0.2, -0.15) is 9.61 Å². The SMILES string of the molecule is CCn1cc(-c2nc3c4ccccc4nc(N[C@@H]4CCCCNC4=O)n3n2)c(C)n1. The van der Waals surface area contributed by atoms with Gasteiger partial charge >= 0.3 is 0 Å². The Kier molecular flexibility index (Phi) is 4.57. The number of aryl methyl sites for hydroxylation is 2. The van der Waals surface area contributed by atoms with E-state index >= 15 is 0 Å². The Hall–Kier alpha value is -3.49.